The molecule has 20 heavy (non-hydrogen) atoms. The molecule has 0 saturated heterocycles. The van der Waals surface area contributed by atoms with Gasteiger partial charge in [0.1, 0.15) is 5.69 Å². The Morgan fingerprint density at radius 2 is 1.95 bits per heavy atom. The fourth-order valence-electron chi connectivity index (χ4n) is 1.70. The van der Waals surface area contributed by atoms with Crippen molar-refractivity contribution < 1.29 is 4.92 Å². The Hall–Kier alpha value is -2.39. The van der Waals surface area contributed by atoms with Crippen molar-refractivity contribution in [3.05, 3.63) is 68.2 Å². The maximum atomic E-state index is 11.0. The van der Waals surface area contributed by atoms with E-state index in [2.05, 4.69) is 21.2 Å². The van der Waals surface area contributed by atoms with Gasteiger partial charge in [-0.05, 0) is 29.8 Å². The Kier molecular flexibility index (Phi) is 4.33. The molecular formula is C14H10BrN3O2. The van der Waals surface area contributed by atoms with E-state index >= 15 is 0 Å². The quantitative estimate of drug-likeness (QED) is 0.681. The van der Waals surface area contributed by atoms with E-state index in [9.17, 15) is 10.1 Å². The van der Waals surface area contributed by atoms with Crippen molar-refractivity contribution in [3.8, 4) is 6.07 Å². The minimum atomic E-state index is -0.425. The molecular weight excluding hydrogens is 322 g/mol. The van der Waals surface area contributed by atoms with Crippen LogP contribution in [0, 0.1) is 21.4 Å². The van der Waals surface area contributed by atoms with E-state index in [1.54, 1.807) is 24.3 Å². The second kappa shape index (κ2) is 6.17. The molecule has 0 fully saturated rings. The number of halogens is 1. The third-order valence-corrected chi connectivity index (χ3v) is 3.22. The molecule has 0 bridgehead atoms. The third-order valence-electron chi connectivity index (χ3n) is 2.72. The van der Waals surface area contributed by atoms with Crippen molar-refractivity contribution in [1.29, 1.82) is 5.26 Å². The van der Waals surface area contributed by atoms with Crippen LogP contribution >= 0.6 is 15.9 Å². The second-order valence-electron chi connectivity index (χ2n) is 4.08. The number of rotatable bonds is 4. The minimum absolute atomic E-state index is 0.0213. The van der Waals surface area contributed by atoms with Crippen molar-refractivity contribution in [2.45, 2.75) is 6.54 Å². The highest BCUT2D eigenvalue weighted by molar-refractivity contribution is 9.10. The zero-order valence-electron chi connectivity index (χ0n) is 10.3. The summed E-state index contributed by atoms with van der Waals surface area (Å²) in [5.74, 6) is 0. The van der Waals surface area contributed by atoms with Crippen LogP contribution in [0.5, 0.6) is 0 Å². The number of anilines is 1. The normalized spacial score (nSPS) is 9.80. The van der Waals surface area contributed by atoms with Crippen LogP contribution in [-0.4, -0.2) is 4.92 Å². The molecule has 0 amide bonds. The summed E-state index contributed by atoms with van der Waals surface area (Å²) in [6.45, 7) is 0.453. The summed E-state index contributed by atoms with van der Waals surface area (Å²) >= 11 is 3.21. The van der Waals surface area contributed by atoms with Crippen LogP contribution < -0.4 is 5.32 Å². The zero-order chi connectivity index (χ0) is 14.5. The summed E-state index contributed by atoms with van der Waals surface area (Å²) in [6, 6.07) is 14.0. The minimum Gasteiger partial charge on any atom is -0.375 e. The molecule has 1 N–H and O–H groups in total. The number of nitro benzene ring substituents is 1. The van der Waals surface area contributed by atoms with Crippen LogP contribution in [0.4, 0.5) is 11.4 Å². The lowest BCUT2D eigenvalue weighted by Gasteiger charge is -2.07. The molecule has 0 saturated carbocycles. The van der Waals surface area contributed by atoms with Crippen molar-refractivity contribution >= 4 is 27.3 Å². The molecule has 0 radical (unpaired) electrons. The number of benzene rings is 2. The smallest absolute Gasteiger partial charge is 0.293 e. The Bertz CT molecular complexity index is 678. The largest absolute Gasteiger partial charge is 0.375 e. The van der Waals surface area contributed by atoms with Crippen molar-refractivity contribution in [1.82, 2.24) is 0 Å². The van der Waals surface area contributed by atoms with Gasteiger partial charge in [-0.2, -0.15) is 5.26 Å². The van der Waals surface area contributed by atoms with Gasteiger partial charge in [0.05, 0.1) is 16.6 Å². The molecule has 100 valence electrons. The van der Waals surface area contributed by atoms with E-state index in [-0.39, 0.29) is 5.69 Å². The standard InChI is InChI=1S/C14H10BrN3O2/c15-12-5-6-13(14(7-12)18(19)20)17-9-11-3-1-10(8-16)2-4-11/h1-7,17H,9H2. The maximum absolute atomic E-state index is 11.0. The Labute approximate surface area is 124 Å². The lowest BCUT2D eigenvalue weighted by atomic mass is 10.1. The Morgan fingerprint density at radius 1 is 1.25 bits per heavy atom. The summed E-state index contributed by atoms with van der Waals surface area (Å²) in [4.78, 5) is 10.6. The van der Waals surface area contributed by atoms with E-state index < -0.39 is 4.92 Å². The van der Waals surface area contributed by atoms with Gasteiger partial charge < -0.3 is 5.32 Å². The molecule has 0 atom stereocenters. The van der Waals surface area contributed by atoms with Gasteiger partial charge in [0.2, 0.25) is 0 Å². The van der Waals surface area contributed by atoms with Gasteiger partial charge in [-0.25, -0.2) is 0 Å². The van der Waals surface area contributed by atoms with Gasteiger partial charge in [-0.3, -0.25) is 10.1 Å². The first-order chi connectivity index (χ1) is 9.60. The first-order valence-corrected chi connectivity index (χ1v) is 6.56. The van der Waals surface area contributed by atoms with E-state index in [1.807, 2.05) is 18.2 Å². The highest BCUT2D eigenvalue weighted by atomic mass is 79.9. The molecule has 2 aromatic carbocycles. The lowest BCUT2D eigenvalue weighted by Crippen LogP contribution is -2.02. The Balaban J connectivity index is 2.14. The number of hydrogen-bond acceptors (Lipinski definition) is 4. The number of nitrogens with zero attached hydrogens (tertiary/aromatic N) is 2. The van der Waals surface area contributed by atoms with E-state index in [0.717, 1.165) is 5.56 Å². The van der Waals surface area contributed by atoms with Gasteiger partial charge in [0.15, 0.2) is 0 Å². The average molecular weight is 332 g/mol. The summed E-state index contributed by atoms with van der Waals surface area (Å²) in [7, 11) is 0. The van der Waals surface area contributed by atoms with Crippen molar-refractivity contribution in [2.24, 2.45) is 0 Å². The van der Waals surface area contributed by atoms with Crippen molar-refractivity contribution in [3.63, 3.8) is 0 Å². The predicted molar refractivity (Wildman–Crippen MR) is 79.3 cm³/mol. The summed E-state index contributed by atoms with van der Waals surface area (Å²) in [5, 5.41) is 22.7. The number of nitrogens with one attached hydrogen (secondary N) is 1. The summed E-state index contributed by atoms with van der Waals surface area (Å²) < 4.78 is 0.660. The Morgan fingerprint density at radius 3 is 2.55 bits per heavy atom. The monoisotopic (exact) mass is 331 g/mol. The molecule has 0 aromatic heterocycles. The molecule has 0 aliphatic heterocycles. The summed E-state index contributed by atoms with van der Waals surface area (Å²) in [5.41, 5.74) is 2.01. The molecule has 0 aliphatic rings. The molecule has 0 spiro atoms. The van der Waals surface area contributed by atoms with Gasteiger partial charge in [-0.1, -0.05) is 28.1 Å². The highest BCUT2D eigenvalue weighted by Gasteiger charge is 2.13. The molecule has 6 heteroatoms. The molecule has 0 aliphatic carbocycles. The fraction of sp³-hybridized carbons (Fsp3) is 0.0714. The molecule has 0 heterocycles. The van der Waals surface area contributed by atoms with Crippen LogP contribution in [0.1, 0.15) is 11.1 Å². The number of nitro groups is 1. The van der Waals surface area contributed by atoms with Crippen LogP contribution in [0.3, 0.4) is 0 Å². The molecule has 2 aromatic rings. The first-order valence-electron chi connectivity index (χ1n) is 5.77. The molecule has 5 nitrogen and oxygen atoms in total. The zero-order valence-corrected chi connectivity index (χ0v) is 11.9. The fourth-order valence-corrected chi connectivity index (χ4v) is 2.05. The van der Waals surface area contributed by atoms with Crippen LogP contribution in [-0.2, 0) is 6.54 Å². The predicted octanol–water partition coefficient (Wildman–Crippen LogP) is 3.84. The topological polar surface area (TPSA) is 79.0 Å². The summed E-state index contributed by atoms with van der Waals surface area (Å²) in [6.07, 6.45) is 0. The lowest BCUT2D eigenvalue weighted by molar-refractivity contribution is -0.384. The van der Waals surface area contributed by atoms with Crippen LogP contribution in [0.15, 0.2) is 46.9 Å². The SMILES string of the molecule is N#Cc1ccc(CNc2ccc(Br)cc2[N+](=O)[O-])cc1. The second-order valence-corrected chi connectivity index (χ2v) is 5.00. The van der Waals surface area contributed by atoms with Gasteiger partial charge in [0, 0.05) is 17.1 Å². The third kappa shape index (κ3) is 3.33. The van der Waals surface area contributed by atoms with Gasteiger partial charge in [0.25, 0.3) is 5.69 Å². The average Bonchev–Trinajstić information content (AvgIpc) is 2.46. The van der Waals surface area contributed by atoms with E-state index in [0.29, 0.717) is 22.3 Å². The molecule has 2 rings (SSSR count). The van der Waals surface area contributed by atoms with Gasteiger partial charge >= 0.3 is 0 Å². The molecule has 0 unspecified atom stereocenters. The number of hydrogen-bond donors (Lipinski definition) is 1. The van der Waals surface area contributed by atoms with E-state index in [1.165, 1.54) is 6.07 Å². The number of nitriles is 1. The van der Waals surface area contributed by atoms with Gasteiger partial charge in [-0.15, -0.1) is 0 Å². The first kappa shape index (κ1) is 14.0. The van der Waals surface area contributed by atoms with Crippen LogP contribution in [0.2, 0.25) is 0 Å². The maximum Gasteiger partial charge on any atom is 0.293 e. The van der Waals surface area contributed by atoms with E-state index in [4.69, 9.17) is 5.26 Å². The highest BCUT2D eigenvalue weighted by Crippen LogP contribution is 2.28. The van der Waals surface area contributed by atoms with Crippen LogP contribution in [0.25, 0.3) is 0 Å². The van der Waals surface area contributed by atoms with Crippen molar-refractivity contribution in [2.75, 3.05) is 5.32 Å².